The third-order valence-electron chi connectivity index (χ3n) is 2.73. The van der Waals surface area contributed by atoms with Crippen LogP contribution in [0.1, 0.15) is 81.1 Å². The Balaban J connectivity index is -0.0000000873. The van der Waals surface area contributed by atoms with Gasteiger partial charge in [0.2, 0.25) is 0 Å². The van der Waals surface area contributed by atoms with Gasteiger partial charge in [0.15, 0.2) is 0 Å². The van der Waals surface area contributed by atoms with Crippen molar-refractivity contribution < 1.29 is 72.0 Å². The number of aliphatic hydroxyl groups is 8. The minimum absolute atomic E-state index is 0. The summed E-state index contributed by atoms with van der Waals surface area (Å²) in [6.45, 7) is 13.3. The molecule has 180 valence electrons. The first kappa shape index (κ1) is 40.1. The Bertz CT molecular complexity index is 204. The van der Waals surface area contributed by atoms with Gasteiger partial charge in [0.1, 0.15) is 0 Å². The van der Waals surface area contributed by atoms with Gasteiger partial charge in [-0.25, -0.2) is 0 Å². The van der Waals surface area contributed by atoms with Gasteiger partial charge < -0.3 is 40.9 Å². The van der Waals surface area contributed by atoms with Crippen molar-refractivity contribution in [1.29, 1.82) is 0 Å². The van der Waals surface area contributed by atoms with E-state index in [0.29, 0.717) is 25.7 Å². The van der Waals surface area contributed by atoms with E-state index in [1.54, 1.807) is 55.4 Å². The Kier molecular flexibility index (Phi) is 37.0. The molecule has 0 bridgehead atoms. The summed E-state index contributed by atoms with van der Waals surface area (Å²) in [7, 11) is 0. The van der Waals surface area contributed by atoms with Crippen LogP contribution in [-0.2, 0) is 0 Å². The molecule has 0 aliphatic heterocycles. The van der Waals surface area contributed by atoms with E-state index in [2.05, 4.69) is 0 Å². The molecule has 8 nitrogen and oxygen atoms in total. The zero-order valence-electron chi connectivity index (χ0n) is 19.5. The van der Waals surface area contributed by atoms with E-state index in [-0.39, 0.29) is 79.9 Å². The molecule has 0 radical (unpaired) electrons. The van der Waals surface area contributed by atoms with Crippen molar-refractivity contribution in [2.75, 3.05) is 0 Å². The normalized spacial score (nSPS) is 18.2. The SMILES string of the molecule is CC(O)CC(C)O.CC(O)CC(C)O.CC(O)CC(C)O.CC(O)CC(C)O.[U]. The summed E-state index contributed by atoms with van der Waals surface area (Å²) in [5.41, 5.74) is 0. The van der Waals surface area contributed by atoms with Crippen LogP contribution in [0.5, 0.6) is 0 Å². The van der Waals surface area contributed by atoms with Crippen molar-refractivity contribution in [3.05, 3.63) is 0 Å². The molecule has 0 amide bonds. The molecule has 0 saturated carbocycles. The average Bonchev–Trinajstić information content (AvgIpc) is 2.32. The van der Waals surface area contributed by atoms with E-state index in [1.807, 2.05) is 0 Å². The molecule has 0 saturated heterocycles. The minimum Gasteiger partial charge on any atom is -0.393 e. The standard InChI is InChI=1S/4C5H12O2.U/c4*1-4(6)3-5(2)7;/h4*4-7H,3H2,1-2H3;. The van der Waals surface area contributed by atoms with Crippen molar-refractivity contribution in [3.8, 4) is 0 Å². The van der Waals surface area contributed by atoms with Crippen LogP contribution >= 0.6 is 0 Å². The molecule has 0 aromatic rings. The Morgan fingerprint density at radius 2 is 0.379 bits per heavy atom. The molecule has 0 aromatic carbocycles. The number of aliphatic hydroxyl groups excluding tert-OH is 8. The van der Waals surface area contributed by atoms with Crippen LogP contribution in [0.3, 0.4) is 0 Å². The van der Waals surface area contributed by atoms with E-state index in [1.165, 1.54) is 0 Å². The van der Waals surface area contributed by atoms with Crippen molar-refractivity contribution in [2.24, 2.45) is 0 Å². The molecule has 0 aliphatic rings. The summed E-state index contributed by atoms with van der Waals surface area (Å²) in [6.07, 6.45) is -1.11. The average molecular weight is 655 g/mol. The van der Waals surface area contributed by atoms with E-state index in [4.69, 9.17) is 40.9 Å². The molecule has 0 rings (SSSR count). The minimum atomic E-state index is -0.375. The first-order valence-electron chi connectivity index (χ1n) is 9.95. The molecule has 0 aliphatic carbocycles. The molecule has 8 atom stereocenters. The molecule has 9 heteroatoms. The molecule has 0 fully saturated rings. The molecule has 0 heterocycles. The molecule has 8 N–H and O–H groups in total. The fourth-order valence-electron chi connectivity index (χ4n) is 1.97. The van der Waals surface area contributed by atoms with Gasteiger partial charge in [-0.15, -0.1) is 0 Å². The van der Waals surface area contributed by atoms with Crippen LogP contribution in [-0.4, -0.2) is 89.7 Å². The third kappa shape index (κ3) is 73.3. The largest absolute Gasteiger partial charge is 0.393 e. The van der Waals surface area contributed by atoms with Crippen LogP contribution in [0.2, 0.25) is 0 Å². The Morgan fingerprint density at radius 1 is 0.310 bits per heavy atom. The first-order valence-corrected chi connectivity index (χ1v) is 9.95. The smallest absolute Gasteiger partial charge is 0.0536 e. The zero-order valence-corrected chi connectivity index (χ0v) is 23.7. The predicted molar refractivity (Wildman–Crippen MR) is 112 cm³/mol. The van der Waals surface area contributed by atoms with Crippen LogP contribution in [0.15, 0.2) is 0 Å². The van der Waals surface area contributed by atoms with Gasteiger partial charge in [-0.2, -0.15) is 0 Å². The maximum Gasteiger partial charge on any atom is 0.0536 e. The fraction of sp³-hybridized carbons (Fsp3) is 1.00. The number of hydrogen-bond acceptors (Lipinski definition) is 8. The maximum absolute atomic E-state index is 8.56. The summed E-state index contributed by atoms with van der Waals surface area (Å²) in [5.74, 6) is 0. The van der Waals surface area contributed by atoms with Crippen molar-refractivity contribution >= 4 is 0 Å². The fourth-order valence-corrected chi connectivity index (χ4v) is 1.97. The summed E-state index contributed by atoms with van der Waals surface area (Å²) >= 11 is 0. The van der Waals surface area contributed by atoms with Crippen molar-refractivity contribution in [3.63, 3.8) is 0 Å². The van der Waals surface area contributed by atoms with E-state index in [9.17, 15) is 0 Å². The number of rotatable bonds is 8. The van der Waals surface area contributed by atoms with Crippen LogP contribution < -0.4 is 0 Å². The van der Waals surface area contributed by atoms with Gasteiger partial charge in [-0.3, -0.25) is 0 Å². The Hall–Kier alpha value is 0.732. The maximum atomic E-state index is 8.56. The van der Waals surface area contributed by atoms with Gasteiger partial charge in [-0.05, 0) is 81.1 Å². The second-order valence-electron chi connectivity index (χ2n) is 7.73. The predicted octanol–water partition coefficient (Wildman–Crippen LogP) is 0.552. The van der Waals surface area contributed by atoms with E-state index in [0.717, 1.165) is 0 Å². The molecule has 0 spiro atoms. The molecule has 29 heavy (non-hydrogen) atoms. The monoisotopic (exact) mass is 654 g/mol. The summed E-state index contributed by atoms with van der Waals surface area (Å²) in [5, 5.41) is 68.5. The number of hydrogen-bond donors (Lipinski definition) is 8. The molecular formula is C20H48O8U. The quantitative estimate of drug-likeness (QED) is 0.188. The first-order chi connectivity index (χ1) is 12.5. The Labute approximate surface area is 201 Å². The van der Waals surface area contributed by atoms with Gasteiger partial charge in [-0.1, -0.05) is 0 Å². The molecule has 0 aromatic heterocycles. The second kappa shape index (κ2) is 26.8. The Morgan fingerprint density at radius 3 is 0.379 bits per heavy atom. The van der Waals surface area contributed by atoms with Gasteiger partial charge in [0, 0.05) is 31.1 Å². The third-order valence-corrected chi connectivity index (χ3v) is 2.73. The van der Waals surface area contributed by atoms with Gasteiger partial charge in [0.05, 0.1) is 48.8 Å². The molecule has 8 unspecified atom stereocenters. The van der Waals surface area contributed by atoms with Crippen LogP contribution in [0.4, 0.5) is 0 Å². The summed E-state index contributed by atoms with van der Waals surface area (Å²) in [6, 6.07) is 0. The summed E-state index contributed by atoms with van der Waals surface area (Å²) in [4.78, 5) is 0. The second-order valence-corrected chi connectivity index (χ2v) is 7.73. The summed E-state index contributed by atoms with van der Waals surface area (Å²) < 4.78 is 0. The van der Waals surface area contributed by atoms with E-state index < -0.39 is 0 Å². The topological polar surface area (TPSA) is 162 Å². The van der Waals surface area contributed by atoms with Crippen LogP contribution in [0.25, 0.3) is 0 Å². The van der Waals surface area contributed by atoms with Gasteiger partial charge >= 0.3 is 0 Å². The molecular weight excluding hydrogens is 606 g/mol. The van der Waals surface area contributed by atoms with Crippen molar-refractivity contribution in [2.45, 2.75) is 130 Å². The van der Waals surface area contributed by atoms with Crippen molar-refractivity contribution in [1.82, 2.24) is 0 Å². The zero-order chi connectivity index (χ0) is 23.4. The van der Waals surface area contributed by atoms with Crippen LogP contribution in [0, 0.1) is 31.1 Å². The van der Waals surface area contributed by atoms with Gasteiger partial charge in [0.25, 0.3) is 0 Å². The van der Waals surface area contributed by atoms with E-state index >= 15 is 0 Å².